The second-order valence-electron chi connectivity index (χ2n) is 3.96. The van der Waals surface area contributed by atoms with Crippen LogP contribution < -0.4 is 21.9 Å². The van der Waals surface area contributed by atoms with Gasteiger partial charge in [0.05, 0.1) is 0 Å². The molecule has 7 heteroatoms. The average molecular weight is 262 g/mol. The molecular formula is C11H30N6O. The fraction of sp³-hybridized carbons (Fsp3) is 0.909. The van der Waals surface area contributed by atoms with Gasteiger partial charge in [0.25, 0.3) is 0 Å². The van der Waals surface area contributed by atoms with Gasteiger partial charge in [-0.1, -0.05) is 6.92 Å². The van der Waals surface area contributed by atoms with Crippen LogP contribution in [-0.4, -0.2) is 63.9 Å². The molecule has 2 amide bonds. The van der Waals surface area contributed by atoms with E-state index in [9.17, 15) is 4.79 Å². The van der Waals surface area contributed by atoms with Crippen molar-refractivity contribution in [1.82, 2.24) is 26.2 Å². The first-order valence-electron chi connectivity index (χ1n) is 6.30. The Balaban J connectivity index is 0. The molecule has 0 fully saturated rings. The van der Waals surface area contributed by atoms with Gasteiger partial charge in [0, 0.05) is 20.6 Å². The van der Waals surface area contributed by atoms with E-state index in [2.05, 4.69) is 35.2 Å². The molecular weight excluding hydrogens is 232 g/mol. The molecule has 5 N–H and O–H groups in total. The lowest BCUT2D eigenvalue weighted by atomic mass is 10.4. The van der Waals surface area contributed by atoms with Crippen LogP contribution in [0.2, 0.25) is 0 Å². The van der Waals surface area contributed by atoms with Crippen LogP contribution in [0.15, 0.2) is 0 Å². The highest BCUT2D eigenvalue weighted by Gasteiger charge is 2.06. The standard InChI is InChI=1S/C6H16N4O.C5H14N2/c1-4-5-9-6(11)10(7-2)8-3;1-7(2)5-3-4-6/h7-8H,4-5H2,1-3H3,(H,9,11);3-6H2,1-2H3. The Morgan fingerprint density at radius 3 is 2.06 bits per heavy atom. The molecule has 0 aliphatic heterocycles. The molecule has 0 aliphatic carbocycles. The third-order valence-electron chi connectivity index (χ3n) is 1.99. The maximum absolute atomic E-state index is 11.1. The number of nitrogens with two attached hydrogens (primary N) is 1. The summed E-state index contributed by atoms with van der Waals surface area (Å²) in [6, 6.07) is -0.170. The molecule has 0 saturated heterocycles. The summed E-state index contributed by atoms with van der Waals surface area (Å²) >= 11 is 0. The van der Waals surface area contributed by atoms with Gasteiger partial charge >= 0.3 is 6.03 Å². The van der Waals surface area contributed by atoms with E-state index < -0.39 is 0 Å². The van der Waals surface area contributed by atoms with Crippen LogP contribution in [0, 0.1) is 0 Å². The van der Waals surface area contributed by atoms with E-state index in [1.54, 1.807) is 14.1 Å². The van der Waals surface area contributed by atoms with Gasteiger partial charge in [0.15, 0.2) is 0 Å². The molecule has 0 spiro atoms. The lowest BCUT2D eigenvalue weighted by Crippen LogP contribution is -2.53. The topological polar surface area (TPSA) is 85.7 Å². The molecule has 0 rings (SSSR count). The molecule has 0 radical (unpaired) electrons. The zero-order chi connectivity index (χ0) is 14.4. The van der Waals surface area contributed by atoms with Gasteiger partial charge in [-0.05, 0) is 40.0 Å². The van der Waals surface area contributed by atoms with Crippen LogP contribution in [-0.2, 0) is 0 Å². The van der Waals surface area contributed by atoms with Crippen molar-refractivity contribution < 1.29 is 4.79 Å². The monoisotopic (exact) mass is 262 g/mol. The van der Waals surface area contributed by atoms with Gasteiger partial charge in [0.2, 0.25) is 0 Å². The van der Waals surface area contributed by atoms with Crippen LogP contribution in [0.4, 0.5) is 4.79 Å². The fourth-order valence-corrected chi connectivity index (χ4v) is 1.03. The highest BCUT2D eigenvalue weighted by Crippen LogP contribution is 1.77. The minimum atomic E-state index is -0.170. The largest absolute Gasteiger partial charge is 0.346 e. The van der Waals surface area contributed by atoms with Gasteiger partial charge in [-0.3, -0.25) is 0 Å². The van der Waals surface area contributed by atoms with E-state index in [0.29, 0.717) is 6.54 Å². The molecule has 0 bridgehead atoms. The number of rotatable bonds is 7. The van der Waals surface area contributed by atoms with E-state index in [0.717, 1.165) is 25.9 Å². The third kappa shape index (κ3) is 13.2. The summed E-state index contributed by atoms with van der Waals surface area (Å²) in [6.45, 7) is 4.61. The van der Waals surface area contributed by atoms with Crippen molar-refractivity contribution >= 4 is 6.03 Å². The molecule has 7 nitrogen and oxygen atoms in total. The van der Waals surface area contributed by atoms with Crippen molar-refractivity contribution in [1.29, 1.82) is 0 Å². The number of hydrogen-bond acceptors (Lipinski definition) is 5. The lowest BCUT2D eigenvalue weighted by molar-refractivity contribution is 0.150. The number of amides is 2. The van der Waals surface area contributed by atoms with Gasteiger partial charge in [-0.25, -0.2) is 15.6 Å². The highest BCUT2D eigenvalue weighted by molar-refractivity contribution is 5.72. The molecule has 0 aromatic heterocycles. The Morgan fingerprint density at radius 2 is 1.78 bits per heavy atom. The molecule has 0 aromatic carbocycles. The maximum Gasteiger partial charge on any atom is 0.346 e. The Morgan fingerprint density at radius 1 is 1.22 bits per heavy atom. The van der Waals surface area contributed by atoms with Crippen LogP contribution >= 0.6 is 0 Å². The van der Waals surface area contributed by atoms with Crippen molar-refractivity contribution in [3.8, 4) is 0 Å². The van der Waals surface area contributed by atoms with E-state index in [1.807, 2.05) is 6.92 Å². The Labute approximate surface area is 111 Å². The van der Waals surface area contributed by atoms with Crippen LogP contribution in [0.3, 0.4) is 0 Å². The van der Waals surface area contributed by atoms with Gasteiger partial charge in [-0.15, -0.1) is 0 Å². The van der Waals surface area contributed by atoms with Gasteiger partial charge in [0.1, 0.15) is 0 Å². The molecule has 0 heterocycles. The lowest BCUT2D eigenvalue weighted by Gasteiger charge is -2.19. The number of carbonyl (C=O) groups excluding carboxylic acids is 1. The number of nitrogens with one attached hydrogen (secondary N) is 3. The molecule has 110 valence electrons. The smallest absolute Gasteiger partial charge is 0.336 e. The first kappa shape index (κ1) is 19.4. The van der Waals surface area contributed by atoms with Crippen molar-refractivity contribution in [3.63, 3.8) is 0 Å². The Hall–Kier alpha value is -0.890. The van der Waals surface area contributed by atoms with E-state index in [4.69, 9.17) is 5.73 Å². The summed E-state index contributed by atoms with van der Waals surface area (Å²) in [4.78, 5) is 13.2. The summed E-state index contributed by atoms with van der Waals surface area (Å²) in [6.07, 6.45) is 2.04. The Kier molecular flexibility index (Phi) is 15.3. The van der Waals surface area contributed by atoms with Crippen molar-refractivity contribution in [2.45, 2.75) is 19.8 Å². The minimum absolute atomic E-state index is 0.170. The van der Waals surface area contributed by atoms with Crippen LogP contribution in [0.25, 0.3) is 0 Å². The summed E-state index contributed by atoms with van der Waals surface area (Å²) in [7, 11) is 7.44. The predicted molar refractivity (Wildman–Crippen MR) is 75.9 cm³/mol. The van der Waals surface area contributed by atoms with E-state index in [-0.39, 0.29) is 6.03 Å². The minimum Gasteiger partial charge on any atom is -0.336 e. The van der Waals surface area contributed by atoms with Crippen LogP contribution in [0.1, 0.15) is 19.8 Å². The van der Waals surface area contributed by atoms with E-state index >= 15 is 0 Å². The van der Waals surface area contributed by atoms with Crippen molar-refractivity contribution in [3.05, 3.63) is 0 Å². The van der Waals surface area contributed by atoms with E-state index in [1.165, 1.54) is 5.12 Å². The molecule has 0 saturated carbocycles. The molecule has 0 unspecified atom stereocenters. The fourth-order valence-electron chi connectivity index (χ4n) is 1.03. The molecule has 0 atom stereocenters. The van der Waals surface area contributed by atoms with Gasteiger partial charge < -0.3 is 16.0 Å². The predicted octanol–water partition coefficient (Wildman–Crippen LogP) is -0.426. The molecule has 0 aromatic rings. The second kappa shape index (κ2) is 14.2. The quantitative estimate of drug-likeness (QED) is 0.468. The zero-order valence-electron chi connectivity index (χ0n) is 12.4. The number of nitrogens with zero attached hydrogens (tertiary/aromatic N) is 2. The maximum atomic E-state index is 11.1. The SMILES string of the molecule is CCCNC(=O)N(NC)NC.CN(C)CCCN. The number of urea groups is 1. The zero-order valence-corrected chi connectivity index (χ0v) is 12.4. The van der Waals surface area contributed by atoms with Crippen molar-refractivity contribution in [2.75, 3.05) is 47.8 Å². The summed E-state index contributed by atoms with van der Waals surface area (Å²) in [5.41, 5.74) is 10.6. The summed E-state index contributed by atoms with van der Waals surface area (Å²) in [5.74, 6) is 0. The number of carbonyl (C=O) groups is 1. The molecule has 0 aliphatic rings. The molecule has 18 heavy (non-hydrogen) atoms. The highest BCUT2D eigenvalue weighted by atomic mass is 16.2. The summed E-state index contributed by atoms with van der Waals surface area (Å²) < 4.78 is 0. The average Bonchev–Trinajstić information content (AvgIpc) is 2.36. The van der Waals surface area contributed by atoms with Gasteiger partial charge in [-0.2, -0.15) is 5.12 Å². The van der Waals surface area contributed by atoms with Crippen molar-refractivity contribution in [2.24, 2.45) is 5.73 Å². The van der Waals surface area contributed by atoms with Crippen LogP contribution in [0.5, 0.6) is 0 Å². The number of hydrazine groups is 2. The summed E-state index contributed by atoms with van der Waals surface area (Å²) in [5, 5.41) is 3.97. The number of hydrogen-bond donors (Lipinski definition) is 4. The first-order valence-corrected chi connectivity index (χ1v) is 6.30. The third-order valence-corrected chi connectivity index (χ3v) is 1.99. The Bertz CT molecular complexity index is 184. The normalized spacial score (nSPS) is 9.72. The second-order valence-corrected chi connectivity index (χ2v) is 3.96. The first-order chi connectivity index (χ1) is 8.53.